The summed E-state index contributed by atoms with van der Waals surface area (Å²) in [5.74, 6) is 0. The van der Waals surface area contributed by atoms with Crippen molar-refractivity contribution in [2.45, 2.75) is 19.4 Å². The molecule has 88 valence electrons. The van der Waals surface area contributed by atoms with E-state index in [1.54, 1.807) is 0 Å². The lowest BCUT2D eigenvalue weighted by molar-refractivity contribution is 0.577. The first-order chi connectivity index (χ1) is 8.35. The Balaban J connectivity index is 2.35. The smallest absolute Gasteiger partial charge is 0.0315 e. The second kappa shape index (κ2) is 5.65. The summed E-state index contributed by atoms with van der Waals surface area (Å²) in [6.45, 7) is 2.20. The van der Waals surface area contributed by atoms with Gasteiger partial charge in [0.05, 0.1) is 0 Å². The molecule has 0 amide bonds. The number of hydrogen-bond donors (Lipinski definition) is 1. The lowest BCUT2D eigenvalue weighted by Crippen LogP contribution is -2.15. The van der Waals surface area contributed by atoms with Gasteiger partial charge in [-0.05, 0) is 36.2 Å². The highest BCUT2D eigenvalue weighted by Crippen LogP contribution is 2.24. The average Bonchev–Trinajstić information content (AvgIpc) is 2.42. The Hall–Kier alpha value is -1.60. The first kappa shape index (κ1) is 11.9. The monoisotopic (exact) mass is 225 g/mol. The Kier molecular flexibility index (Phi) is 3.94. The molecule has 0 radical (unpaired) electrons. The van der Waals surface area contributed by atoms with E-state index in [0.29, 0.717) is 6.04 Å². The van der Waals surface area contributed by atoms with Crippen LogP contribution in [0.15, 0.2) is 54.6 Å². The van der Waals surface area contributed by atoms with Gasteiger partial charge in [0.1, 0.15) is 0 Å². The first-order valence-electron chi connectivity index (χ1n) is 6.17. The number of nitrogens with one attached hydrogen (secondary N) is 1. The fraction of sp³-hybridized carbons (Fsp3) is 0.250. The minimum Gasteiger partial charge on any atom is -0.313 e. The molecule has 0 aliphatic carbocycles. The molecular weight excluding hydrogens is 206 g/mol. The van der Waals surface area contributed by atoms with Crippen molar-refractivity contribution in [3.63, 3.8) is 0 Å². The molecule has 1 heteroatoms. The summed E-state index contributed by atoms with van der Waals surface area (Å²) < 4.78 is 0. The van der Waals surface area contributed by atoms with E-state index in [1.807, 2.05) is 7.05 Å². The van der Waals surface area contributed by atoms with Crippen LogP contribution in [0.5, 0.6) is 0 Å². The lowest BCUT2D eigenvalue weighted by Gasteiger charge is -2.15. The van der Waals surface area contributed by atoms with Crippen molar-refractivity contribution < 1.29 is 0 Å². The fourth-order valence-electron chi connectivity index (χ4n) is 2.17. The molecule has 17 heavy (non-hydrogen) atoms. The van der Waals surface area contributed by atoms with Crippen molar-refractivity contribution in [2.75, 3.05) is 7.05 Å². The molecular formula is C16H19N. The fourth-order valence-corrected chi connectivity index (χ4v) is 2.17. The maximum Gasteiger partial charge on any atom is 0.0315 e. The van der Waals surface area contributed by atoms with Crippen LogP contribution >= 0.6 is 0 Å². The van der Waals surface area contributed by atoms with Gasteiger partial charge in [-0.2, -0.15) is 0 Å². The second-order valence-corrected chi connectivity index (χ2v) is 4.24. The van der Waals surface area contributed by atoms with Gasteiger partial charge in [-0.25, -0.2) is 0 Å². The molecule has 0 saturated carbocycles. The summed E-state index contributed by atoms with van der Waals surface area (Å²) in [4.78, 5) is 0. The molecule has 1 nitrogen and oxygen atoms in total. The van der Waals surface area contributed by atoms with Crippen LogP contribution in [-0.4, -0.2) is 7.05 Å². The van der Waals surface area contributed by atoms with Crippen molar-refractivity contribution in [2.24, 2.45) is 0 Å². The number of rotatable bonds is 4. The van der Waals surface area contributed by atoms with Crippen LogP contribution in [0.25, 0.3) is 11.1 Å². The molecule has 0 bridgehead atoms. The minimum absolute atomic E-state index is 0.443. The number of hydrogen-bond acceptors (Lipinski definition) is 1. The van der Waals surface area contributed by atoms with Crippen molar-refractivity contribution in [3.05, 3.63) is 60.2 Å². The topological polar surface area (TPSA) is 12.0 Å². The van der Waals surface area contributed by atoms with Crippen LogP contribution < -0.4 is 5.32 Å². The molecule has 0 spiro atoms. The Morgan fingerprint density at radius 2 is 1.65 bits per heavy atom. The average molecular weight is 225 g/mol. The van der Waals surface area contributed by atoms with Gasteiger partial charge in [-0.15, -0.1) is 0 Å². The quantitative estimate of drug-likeness (QED) is 0.828. The van der Waals surface area contributed by atoms with E-state index in [-0.39, 0.29) is 0 Å². The van der Waals surface area contributed by atoms with Gasteiger partial charge in [-0.1, -0.05) is 55.5 Å². The summed E-state index contributed by atoms with van der Waals surface area (Å²) in [6.07, 6.45) is 1.11. The van der Waals surface area contributed by atoms with Crippen LogP contribution in [0.3, 0.4) is 0 Å². The van der Waals surface area contributed by atoms with Crippen molar-refractivity contribution in [1.82, 2.24) is 5.32 Å². The Morgan fingerprint density at radius 3 is 2.29 bits per heavy atom. The highest BCUT2D eigenvalue weighted by molar-refractivity contribution is 5.64. The van der Waals surface area contributed by atoms with Crippen LogP contribution in [-0.2, 0) is 0 Å². The normalized spacial score (nSPS) is 12.4. The Bertz CT molecular complexity index is 458. The molecule has 1 N–H and O–H groups in total. The summed E-state index contributed by atoms with van der Waals surface area (Å²) in [7, 11) is 2.02. The zero-order valence-corrected chi connectivity index (χ0v) is 10.5. The van der Waals surface area contributed by atoms with Gasteiger partial charge >= 0.3 is 0 Å². The minimum atomic E-state index is 0.443. The zero-order chi connectivity index (χ0) is 12.1. The molecule has 2 aromatic rings. The summed E-state index contributed by atoms with van der Waals surface area (Å²) in [6, 6.07) is 19.7. The molecule has 1 atom stereocenters. The van der Waals surface area contributed by atoms with Crippen molar-refractivity contribution in [1.29, 1.82) is 0 Å². The molecule has 0 fully saturated rings. The van der Waals surface area contributed by atoms with Gasteiger partial charge in [0, 0.05) is 6.04 Å². The molecule has 0 aliphatic heterocycles. The van der Waals surface area contributed by atoms with Gasteiger partial charge in [0.2, 0.25) is 0 Å². The third-order valence-corrected chi connectivity index (χ3v) is 3.15. The van der Waals surface area contributed by atoms with Crippen LogP contribution in [0, 0.1) is 0 Å². The van der Waals surface area contributed by atoms with E-state index in [0.717, 1.165) is 6.42 Å². The third kappa shape index (κ3) is 2.75. The van der Waals surface area contributed by atoms with E-state index < -0.39 is 0 Å². The maximum atomic E-state index is 3.35. The standard InChI is InChI=1S/C16H19N/c1-3-16(17-2)15-11-7-10-14(12-15)13-8-5-4-6-9-13/h4-12,16-17H,3H2,1-2H3. The predicted molar refractivity (Wildman–Crippen MR) is 74.0 cm³/mol. The van der Waals surface area contributed by atoms with Crippen LogP contribution in [0.1, 0.15) is 24.9 Å². The maximum absolute atomic E-state index is 3.35. The molecule has 0 aliphatic rings. The van der Waals surface area contributed by atoms with E-state index in [4.69, 9.17) is 0 Å². The van der Waals surface area contributed by atoms with Crippen LogP contribution in [0.4, 0.5) is 0 Å². The summed E-state index contributed by atoms with van der Waals surface area (Å²) in [5, 5.41) is 3.35. The Morgan fingerprint density at radius 1 is 0.941 bits per heavy atom. The molecule has 2 aromatic carbocycles. The van der Waals surface area contributed by atoms with Gasteiger partial charge in [0.15, 0.2) is 0 Å². The van der Waals surface area contributed by atoms with Gasteiger partial charge < -0.3 is 5.32 Å². The molecule has 1 unspecified atom stereocenters. The van der Waals surface area contributed by atoms with E-state index in [1.165, 1.54) is 16.7 Å². The van der Waals surface area contributed by atoms with E-state index >= 15 is 0 Å². The summed E-state index contributed by atoms with van der Waals surface area (Å²) in [5.41, 5.74) is 3.92. The SMILES string of the molecule is CCC(NC)c1cccc(-c2ccccc2)c1. The molecule has 0 saturated heterocycles. The second-order valence-electron chi connectivity index (χ2n) is 4.24. The summed E-state index contributed by atoms with van der Waals surface area (Å²) >= 11 is 0. The molecule has 0 aromatic heterocycles. The van der Waals surface area contributed by atoms with E-state index in [2.05, 4.69) is 66.8 Å². The van der Waals surface area contributed by atoms with Crippen molar-refractivity contribution >= 4 is 0 Å². The molecule has 0 heterocycles. The zero-order valence-electron chi connectivity index (χ0n) is 10.5. The predicted octanol–water partition coefficient (Wildman–Crippen LogP) is 4.02. The largest absolute Gasteiger partial charge is 0.313 e. The molecule has 2 rings (SSSR count). The lowest BCUT2D eigenvalue weighted by atomic mass is 9.98. The Labute approximate surface area is 103 Å². The van der Waals surface area contributed by atoms with Crippen molar-refractivity contribution in [3.8, 4) is 11.1 Å². The third-order valence-electron chi connectivity index (χ3n) is 3.15. The number of benzene rings is 2. The van der Waals surface area contributed by atoms with E-state index in [9.17, 15) is 0 Å². The highest BCUT2D eigenvalue weighted by Gasteiger charge is 2.07. The highest BCUT2D eigenvalue weighted by atomic mass is 14.9. The first-order valence-corrected chi connectivity index (χ1v) is 6.17. The van der Waals surface area contributed by atoms with Crippen LogP contribution in [0.2, 0.25) is 0 Å². The van der Waals surface area contributed by atoms with Gasteiger partial charge in [-0.3, -0.25) is 0 Å². The van der Waals surface area contributed by atoms with Gasteiger partial charge in [0.25, 0.3) is 0 Å².